The molecule has 0 spiro atoms. The number of hydrogen-bond donors (Lipinski definition) is 1. The first-order chi connectivity index (χ1) is 11.9. The molecule has 25 heavy (non-hydrogen) atoms. The Bertz CT molecular complexity index is 871. The van der Waals surface area contributed by atoms with Gasteiger partial charge in [-0.25, -0.2) is 5.43 Å². The fourth-order valence-corrected chi connectivity index (χ4v) is 3.16. The summed E-state index contributed by atoms with van der Waals surface area (Å²) in [5, 5.41) is 15.2. The number of hydrogen-bond acceptors (Lipinski definition) is 4. The molecule has 0 saturated heterocycles. The summed E-state index contributed by atoms with van der Waals surface area (Å²) in [6.07, 6.45) is 5.97. The topological polar surface area (TPSA) is 71.6 Å². The van der Waals surface area contributed by atoms with E-state index >= 15 is 0 Å². The van der Waals surface area contributed by atoms with Gasteiger partial charge in [0.2, 0.25) is 0 Å². The smallest absolute Gasteiger partial charge is 0.277 e. The van der Waals surface area contributed by atoms with Crippen LogP contribution >= 0.6 is 0 Å². The molecule has 1 N–H and O–H groups in total. The van der Waals surface area contributed by atoms with Crippen LogP contribution in [-0.4, -0.2) is 19.2 Å². The van der Waals surface area contributed by atoms with Crippen molar-refractivity contribution in [3.05, 3.63) is 76.9 Å². The van der Waals surface area contributed by atoms with Crippen molar-refractivity contribution >= 4 is 17.8 Å². The highest BCUT2D eigenvalue weighted by Crippen LogP contribution is 2.46. The van der Waals surface area contributed by atoms with Crippen molar-refractivity contribution in [3.8, 4) is 0 Å². The van der Waals surface area contributed by atoms with E-state index in [0.29, 0.717) is 4.73 Å². The fourth-order valence-electron chi connectivity index (χ4n) is 3.16. The number of benzene rings is 1. The number of nitrogens with zero attached hydrogens (tertiary/aromatic N) is 3. The maximum absolute atomic E-state index is 12.0. The third-order valence-electron chi connectivity index (χ3n) is 4.45. The Morgan fingerprint density at radius 1 is 1.28 bits per heavy atom. The summed E-state index contributed by atoms with van der Waals surface area (Å²) >= 11 is 0. The van der Waals surface area contributed by atoms with Crippen molar-refractivity contribution in [2.24, 2.45) is 5.10 Å². The molecule has 6 nitrogen and oxygen atoms in total. The predicted molar refractivity (Wildman–Crippen MR) is 97.3 cm³/mol. The van der Waals surface area contributed by atoms with Crippen molar-refractivity contribution < 1.29 is 9.52 Å². The number of rotatable bonds is 3. The van der Waals surface area contributed by atoms with Crippen molar-refractivity contribution in [2.45, 2.75) is 19.3 Å². The maximum atomic E-state index is 12.0. The number of hydrazone groups is 1. The SMILES string of the molecule is CN1/C(=C\C=N/NC(=O)c2ccc[n+]([O-])c2)C(C)(C)c2ccccc21. The van der Waals surface area contributed by atoms with E-state index in [-0.39, 0.29) is 11.0 Å². The summed E-state index contributed by atoms with van der Waals surface area (Å²) in [4.78, 5) is 14.1. The molecule has 1 aliphatic heterocycles. The number of para-hydroxylation sites is 1. The predicted octanol–water partition coefficient (Wildman–Crippen LogP) is 2.35. The molecule has 1 aliphatic rings. The van der Waals surface area contributed by atoms with Crippen LogP contribution in [0.25, 0.3) is 0 Å². The number of pyridine rings is 1. The first-order valence-corrected chi connectivity index (χ1v) is 7.97. The molecule has 3 rings (SSSR count). The summed E-state index contributed by atoms with van der Waals surface area (Å²) in [5.41, 5.74) is 6.05. The molecule has 1 aromatic heterocycles. The lowest BCUT2D eigenvalue weighted by Crippen LogP contribution is -2.28. The van der Waals surface area contributed by atoms with Gasteiger partial charge in [-0.15, -0.1) is 0 Å². The number of fused-ring (bicyclic) bond motifs is 1. The van der Waals surface area contributed by atoms with Crippen molar-refractivity contribution in [1.82, 2.24) is 5.43 Å². The third kappa shape index (κ3) is 3.10. The Kier molecular flexibility index (Phi) is 4.27. The van der Waals surface area contributed by atoms with Gasteiger partial charge >= 0.3 is 0 Å². The van der Waals surface area contributed by atoms with Gasteiger partial charge in [-0.1, -0.05) is 32.0 Å². The molecule has 0 atom stereocenters. The number of allylic oxidation sites excluding steroid dienone is 2. The Labute approximate surface area is 146 Å². The molecule has 6 heteroatoms. The first-order valence-electron chi connectivity index (χ1n) is 7.97. The minimum absolute atomic E-state index is 0.144. The van der Waals surface area contributed by atoms with Crippen molar-refractivity contribution in [2.75, 3.05) is 11.9 Å². The van der Waals surface area contributed by atoms with Crippen molar-refractivity contribution in [3.63, 3.8) is 0 Å². The summed E-state index contributed by atoms with van der Waals surface area (Å²) < 4.78 is 0.577. The van der Waals surface area contributed by atoms with E-state index in [0.717, 1.165) is 5.70 Å². The largest absolute Gasteiger partial charge is 0.619 e. The second kappa shape index (κ2) is 6.39. The highest BCUT2D eigenvalue weighted by atomic mass is 16.5. The van der Waals surface area contributed by atoms with Crippen LogP contribution in [0, 0.1) is 5.21 Å². The Morgan fingerprint density at radius 3 is 2.76 bits per heavy atom. The Morgan fingerprint density at radius 2 is 2.04 bits per heavy atom. The molecule has 0 unspecified atom stereocenters. The molecule has 0 aliphatic carbocycles. The lowest BCUT2D eigenvalue weighted by molar-refractivity contribution is -0.605. The average Bonchev–Trinajstić information content (AvgIpc) is 2.79. The average molecular weight is 336 g/mol. The van der Waals surface area contributed by atoms with E-state index < -0.39 is 5.91 Å². The Balaban J connectivity index is 1.74. The number of amides is 1. The number of nitrogens with one attached hydrogen (secondary N) is 1. The standard InChI is InChI=1S/C19H20N4O2/c1-19(2)15-8-4-5-9-16(15)22(3)17(19)10-11-20-21-18(24)14-7-6-12-23(25)13-14/h4-13H,1-3H3,(H,21,24)/b17-10-,20-11-. The van der Waals surface area contributed by atoms with Crippen LogP contribution in [-0.2, 0) is 5.41 Å². The summed E-state index contributed by atoms with van der Waals surface area (Å²) in [7, 11) is 2.02. The maximum Gasteiger partial charge on any atom is 0.277 e. The van der Waals surface area contributed by atoms with Gasteiger partial charge in [0.1, 0.15) is 5.56 Å². The zero-order valence-corrected chi connectivity index (χ0v) is 14.4. The van der Waals surface area contributed by atoms with E-state index in [1.54, 1.807) is 12.3 Å². The fraction of sp³-hybridized carbons (Fsp3) is 0.211. The van der Waals surface area contributed by atoms with E-state index in [1.165, 1.54) is 29.7 Å². The number of aromatic nitrogens is 1. The molecule has 1 aromatic carbocycles. The highest BCUT2D eigenvalue weighted by molar-refractivity contribution is 5.94. The minimum Gasteiger partial charge on any atom is -0.619 e. The molecule has 1 amide bonds. The zero-order chi connectivity index (χ0) is 18.0. The second-order valence-corrected chi connectivity index (χ2v) is 6.42. The van der Waals surface area contributed by atoms with Crippen LogP contribution < -0.4 is 15.1 Å². The summed E-state index contributed by atoms with van der Waals surface area (Å²) in [6, 6.07) is 11.3. The lowest BCUT2D eigenvalue weighted by Gasteiger charge is -2.23. The highest BCUT2D eigenvalue weighted by Gasteiger charge is 2.37. The van der Waals surface area contributed by atoms with Gasteiger partial charge in [-0.2, -0.15) is 9.83 Å². The van der Waals surface area contributed by atoms with Gasteiger partial charge in [0.05, 0.1) is 0 Å². The van der Waals surface area contributed by atoms with Crippen LogP contribution in [0.5, 0.6) is 0 Å². The molecule has 0 saturated carbocycles. The molecule has 2 heterocycles. The molecule has 0 fully saturated rings. The first kappa shape index (κ1) is 16.7. The Hall–Kier alpha value is -3.15. The normalized spacial score (nSPS) is 17.1. The van der Waals surface area contributed by atoms with Gasteiger partial charge in [0.25, 0.3) is 5.91 Å². The van der Waals surface area contributed by atoms with Gasteiger partial charge in [0.15, 0.2) is 12.4 Å². The van der Waals surface area contributed by atoms with Gasteiger partial charge in [-0.3, -0.25) is 4.79 Å². The van der Waals surface area contributed by atoms with Crippen LogP contribution in [0.1, 0.15) is 29.8 Å². The lowest BCUT2D eigenvalue weighted by atomic mass is 9.84. The van der Waals surface area contributed by atoms with E-state index in [4.69, 9.17) is 0 Å². The molecule has 2 aromatic rings. The van der Waals surface area contributed by atoms with Gasteiger partial charge in [0, 0.05) is 36.1 Å². The quantitative estimate of drug-likeness (QED) is 0.405. The van der Waals surface area contributed by atoms with Crippen LogP contribution in [0.15, 0.2) is 65.7 Å². The van der Waals surface area contributed by atoms with Crippen LogP contribution in [0.3, 0.4) is 0 Å². The summed E-state index contributed by atoms with van der Waals surface area (Å²) in [5.74, 6) is -0.429. The molecule has 0 radical (unpaired) electrons. The molecular formula is C19H20N4O2. The van der Waals surface area contributed by atoms with Crippen LogP contribution in [0.4, 0.5) is 5.69 Å². The number of likely N-dealkylation sites (N-methyl/N-ethyl adjacent to an activating group) is 1. The van der Waals surface area contributed by atoms with E-state index in [2.05, 4.69) is 41.4 Å². The van der Waals surface area contributed by atoms with Gasteiger partial charge < -0.3 is 10.1 Å². The van der Waals surface area contributed by atoms with E-state index in [1.807, 2.05) is 25.3 Å². The summed E-state index contributed by atoms with van der Waals surface area (Å²) in [6.45, 7) is 4.31. The van der Waals surface area contributed by atoms with E-state index in [9.17, 15) is 10.0 Å². The zero-order valence-electron chi connectivity index (χ0n) is 14.4. The van der Waals surface area contributed by atoms with Crippen LogP contribution in [0.2, 0.25) is 0 Å². The molecule has 128 valence electrons. The molecule has 0 bridgehead atoms. The van der Waals surface area contributed by atoms with Crippen molar-refractivity contribution in [1.29, 1.82) is 0 Å². The third-order valence-corrected chi connectivity index (χ3v) is 4.45. The number of carbonyl (C=O) groups excluding carboxylic acids is 1. The molecular weight excluding hydrogens is 316 g/mol. The number of anilines is 1. The van der Waals surface area contributed by atoms with Gasteiger partial charge in [-0.05, 0) is 23.8 Å². The number of carbonyl (C=O) groups is 1. The minimum atomic E-state index is -0.429. The second-order valence-electron chi connectivity index (χ2n) is 6.42. The monoisotopic (exact) mass is 336 g/mol.